The Morgan fingerprint density at radius 1 is 1.23 bits per heavy atom. The van der Waals surface area contributed by atoms with Gasteiger partial charge >= 0.3 is 0 Å². The topological polar surface area (TPSA) is 56.2 Å². The highest BCUT2D eigenvalue weighted by atomic mass is 35.5. The fraction of sp³-hybridized carbons (Fsp3) is 0.0526. The lowest BCUT2D eigenvalue weighted by atomic mass is 10.2. The van der Waals surface area contributed by atoms with Crippen molar-refractivity contribution in [3.05, 3.63) is 63.9 Å². The Balaban J connectivity index is 1.79. The Morgan fingerprint density at radius 3 is 2.81 bits per heavy atom. The average Bonchev–Trinajstić information content (AvgIpc) is 3.29. The van der Waals surface area contributed by atoms with Gasteiger partial charge in [-0.05, 0) is 24.3 Å². The van der Waals surface area contributed by atoms with Crippen molar-refractivity contribution in [3.63, 3.8) is 0 Å². The highest BCUT2D eigenvalue weighted by Crippen LogP contribution is 2.35. The molecule has 0 aliphatic rings. The molecule has 0 unspecified atom stereocenters. The normalized spacial score (nSPS) is 10.8. The van der Waals surface area contributed by atoms with Gasteiger partial charge in [-0.2, -0.15) is 5.10 Å². The molecule has 7 heteroatoms. The standard InChI is InChI=1S/C19H14ClN3O2S/c1-25-19-8-18-12(6-17(19)22-16-5-3-2-4-15(16)20)9-21-23(18)13-7-14(10-24)26-11-13/h2-11,22H,1H3. The van der Waals surface area contributed by atoms with Crippen LogP contribution in [0.2, 0.25) is 5.02 Å². The molecule has 0 radical (unpaired) electrons. The molecular formula is C19H14ClN3O2S. The summed E-state index contributed by atoms with van der Waals surface area (Å²) >= 11 is 7.63. The van der Waals surface area contributed by atoms with Crippen LogP contribution in [0.3, 0.4) is 0 Å². The monoisotopic (exact) mass is 383 g/mol. The van der Waals surface area contributed by atoms with Gasteiger partial charge in [0.05, 0.1) is 45.8 Å². The van der Waals surface area contributed by atoms with Crippen LogP contribution in [0, 0.1) is 0 Å². The zero-order valence-electron chi connectivity index (χ0n) is 13.8. The summed E-state index contributed by atoms with van der Waals surface area (Å²) in [4.78, 5) is 11.6. The van der Waals surface area contributed by atoms with Gasteiger partial charge in [-0.15, -0.1) is 11.3 Å². The number of benzene rings is 2. The Kier molecular flexibility index (Phi) is 4.36. The molecule has 0 amide bonds. The first-order chi connectivity index (χ1) is 12.7. The minimum atomic E-state index is 0.630. The Morgan fingerprint density at radius 2 is 2.08 bits per heavy atom. The van der Waals surface area contributed by atoms with Crippen LogP contribution in [-0.4, -0.2) is 23.2 Å². The van der Waals surface area contributed by atoms with Gasteiger partial charge in [0.25, 0.3) is 0 Å². The molecule has 0 spiro atoms. The summed E-state index contributed by atoms with van der Waals surface area (Å²) in [5.74, 6) is 0.671. The fourth-order valence-electron chi connectivity index (χ4n) is 2.75. The third-order valence-electron chi connectivity index (χ3n) is 4.00. The minimum Gasteiger partial charge on any atom is -0.494 e. The number of anilines is 2. The average molecular weight is 384 g/mol. The van der Waals surface area contributed by atoms with E-state index in [2.05, 4.69) is 10.4 Å². The third kappa shape index (κ3) is 2.94. The number of nitrogens with zero attached hydrogens (tertiary/aromatic N) is 2. The van der Waals surface area contributed by atoms with Gasteiger partial charge in [0, 0.05) is 16.8 Å². The van der Waals surface area contributed by atoms with Crippen molar-refractivity contribution in [2.24, 2.45) is 0 Å². The van der Waals surface area contributed by atoms with Crippen molar-refractivity contribution in [2.45, 2.75) is 0 Å². The van der Waals surface area contributed by atoms with Crippen LogP contribution in [0.15, 0.2) is 54.0 Å². The quantitative estimate of drug-likeness (QED) is 0.475. The Hall–Kier alpha value is -2.83. The molecule has 0 fully saturated rings. The number of hydrogen-bond donors (Lipinski definition) is 1. The third-order valence-corrected chi connectivity index (χ3v) is 5.17. The van der Waals surface area contributed by atoms with E-state index < -0.39 is 0 Å². The second kappa shape index (κ2) is 6.82. The molecule has 4 rings (SSSR count). The number of hydrogen-bond acceptors (Lipinski definition) is 5. The van der Waals surface area contributed by atoms with Crippen molar-refractivity contribution in [1.82, 2.24) is 9.78 Å². The fourth-order valence-corrected chi connectivity index (χ4v) is 3.60. The van der Waals surface area contributed by atoms with E-state index >= 15 is 0 Å². The highest BCUT2D eigenvalue weighted by molar-refractivity contribution is 7.12. The van der Waals surface area contributed by atoms with E-state index in [1.165, 1.54) is 11.3 Å². The lowest BCUT2D eigenvalue weighted by Crippen LogP contribution is -1.97. The molecule has 5 nitrogen and oxygen atoms in total. The number of aldehydes is 1. The second-order valence-corrected chi connectivity index (χ2v) is 6.95. The molecule has 26 heavy (non-hydrogen) atoms. The number of nitrogens with one attached hydrogen (secondary N) is 1. The zero-order valence-corrected chi connectivity index (χ0v) is 15.3. The van der Waals surface area contributed by atoms with Crippen LogP contribution in [0.25, 0.3) is 16.6 Å². The van der Waals surface area contributed by atoms with Crippen LogP contribution < -0.4 is 10.1 Å². The van der Waals surface area contributed by atoms with Crippen LogP contribution in [0.5, 0.6) is 5.75 Å². The molecule has 2 aromatic carbocycles. The predicted molar refractivity (Wildman–Crippen MR) is 106 cm³/mol. The van der Waals surface area contributed by atoms with E-state index in [1.807, 2.05) is 47.8 Å². The number of halogens is 1. The van der Waals surface area contributed by atoms with Crippen LogP contribution in [0.1, 0.15) is 9.67 Å². The first-order valence-corrected chi connectivity index (χ1v) is 9.07. The molecule has 0 aliphatic heterocycles. The second-order valence-electron chi connectivity index (χ2n) is 5.60. The zero-order chi connectivity index (χ0) is 18.1. The summed E-state index contributed by atoms with van der Waals surface area (Å²) in [5, 5.41) is 11.2. The minimum absolute atomic E-state index is 0.630. The number of para-hydroxylation sites is 1. The maximum absolute atomic E-state index is 10.9. The van der Waals surface area contributed by atoms with E-state index in [1.54, 1.807) is 18.0 Å². The summed E-state index contributed by atoms with van der Waals surface area (Å²) in [6.07, 6.45) is 2.62. The van der Waals surface area contributed by atoms with Crippen LogP contribution in [0.4, 0.5) is 11.4 Å². The molecular weight excluding hydrogens is 370 g/mol. The van der Waals surface area contributed by atoms with Gasteiger partial charge in [0.1, 0.15) is 5.75 Å². The number of carbonyl (C=O) groups excluding carboxylic acids is 1. The van der Waals surface area contributed by atoms with E-state index in [9.17, 15) is 4.79 Å². The van der Waals surface area contributed by atoms with E-state index in [0.29, 0.717) is 15.6 Å². The molecule has 2 aromatic heterocycles. The molecule has 0 saturated carbocycles. The summed E-state index contributed by atoms with van der Waals surface area (Å²) in [7, 11) is 1.62. The molecule has 0 atom stereocenters. The first-order valence-electron chi connectivity index (χ1n) is 7.81. The van der Waals surface area contributed by atoms with Crippen molar-refractivity contribution >= 4 is 51.5 Å². The number of ether oxygens (including phenoxy) is 1. The summed E-state index contributed by atoms with van der Waals surface area (Å²) in [6, 6.07) is 13.2. The molecule has 130 valence electrons. The lowest BCUT2D eigenvalue weighted by Gasteiger charge is -2.13. The number of aromatic nitrogens is 2. The number of methoxy groups -OCH3 is 1. The van der Waals surface area contributed by atoms with E-state index in [-0.39, 0.29) is 0 Å². The van der Waals surface area contributed by atoms with Gasteiger partial charge in [0.2, 0.25) is 0 Å². The van der Waals surface area contributed by atoms with Gasteiger partial charge in [-0.1, -0.05) is 23.7 Å². The predicted octanol–water partition coefficient (Wildman–Crippen LogP) is 5.31. The van der Waals surface area contributed by atoms with Gasteiger partial charge in [0.15, 0.2) is 6.29 Å². The molecule has 0 aliphatic carbocycles. The summed E-state index contributed by atoms with van der Waals surface area (Å²) in [5.41, 5.74) is 3.34. The first kappa shape index (κ1) is 16.6. The molecule has 0 bridgehead atoms. The number of carbonyl (C=O) groups is 1. The Bertz CT molecular complexity index is 1100. The van der Waals surface area contributed by atoms with Gasteiger partial charge in [-0.3, -0.25) is 4.79 Å². The molecule has 1 N–H and O–H groups in total. The summed E-state index contributed by atoms with van der Waals surface area (Å²) < 4.78 is 7.34. The SMILES string of the molecule is COc1cc2c(cnn2-c2csc(C=O)c2)cc1Nc1ccccc1Cl. The van der Waals surface area contributed by atoms with Crippen molar-refractivity contribution < 1.29 is 9.53 Å². The van der Waals surface area contributed by atoms with Gasteiger partial charge < -0.3 is 10.1 Å². The van der Waals surface area contributed by atoms with E-state index in [0.717, 1.165) is 34.3 Å². The molecule has 4 aromatic rings. The van der Waals surface area contributed by atoms with Crippen molar-refractivity contribution in [3.8, 4) is 11.4 Å². The highest BCUT2D eigenvalue weighted by Gasteiger charge is 2.13. The maximum Gasteiger partial charge on any atom is 0.160 e. The van der Waals surface area contributed by atoms with Crippen LogP contribution >= 0.6 is 22.9 Å². The largest absolute Gasteiger partial charge is 0.494 e. The molecule has 0 saturated heterocycles. The number of rotatable bonds is 5. The van der Waals surface area contributed by atoms with E-state index in [4.69, 9.17) is 16.3 Å². The maximum atomic E-state index is 10.9. The number of fused-ring (bicyclic) bond motifs is 1. The summed E-state index contributed by atoms with van der Waals surface area (Å²) in [6.45, 7) is 0. The molecule has 2 heterocycles. The smallest absolute Gasteiger partial charge is 0.160 e. The van der Waals surface area contributed by atoms with Gasteiger partial charge in [-0.25, -0.2) is 4.68 Å². The lowest BCUT2D eigenvalue weighted by molar-refractivity contribution is 0.112. The number of thiophene rings is 1. The van der Waals surface area contributed by atoms with Crippen molar-refractivity contribution in [2.75, 3.05) is 12.4 Å². The van der Waals surface area contributed by atoms with Crippen LogP contribution in [-0.2, 0) is 0 Å². The van der Waals surface area contributed by atoms with Crippen molar-refractivity contribution in [1.29, 1.82) is 0 Å². The Labute approximate surface area is 158 Å².